The van der Waals surface area contributed by atoms with Crippen LogP contribution < -0.4 is 0 Å². The van der Waals surface area contributed by atoms with Gasteiger partial charge in [-0.3, -0.25) is 14.9 Å². The summed E-state index contributed by atoms with van der Waals surface area (Å²) in [4.78, 5) is 35.2. The second-order valence-electron chi connectivity index (χ2n) is 8.74. The van der Waals surface area contributed by atoms with Crippen LogP contribution in [0.1, 0.15) is 50.4 Å². The molecule has 154 valence electrons. The van der Waals surface area contributed by atoms with Crippen molar-refractivity contribution in [3.63, 3.8) is 0 Å². The van der Waals surface area contributed by atoms with E-state index in [1.807, 2.05) is 6.92 Å². The zero-order chi connectivity index (χ0) is 21.6. The largest absolute Gasteiger partial charge is 0.457 e. The van der Waals surface area contributed by atoms with Crippen LogP contribution in [0.4, 0.5) is 5.69 Å². The average molecular weight is 399 g/mol. The number of rotatable bonds is 5. The van der Waals surface area contributed by atoms with E-state index in [4.69, 9.17) is 4.74 Å². The summed E-state index contributed by atoms with van der Waals surface area (Å²) in [5, 5.41) is 22.0. The molecule has 1 N–H and O–H groups in total. The molecule has 0 amide bonds. The van der Waals surface area contributed by atoms with Crippen LogP contribution in [0.15, 0.2) is 47.6 Å². The maximum atomic E-state index is 12.8. The van der Waals surface area contributed by atoms with Crippen LogP contribution in [0.2, 0.25) is 0 Å². The van der Waals surface area contributed by atoms with Crippen LogP contribution in [-0.2, 0) is 9.53 Å². The van der Waals surface area contributed by atoms with Crippen molar-refractivity contribution < 1.29 is 24.4 Å². The van der Waals surface area contributed by atoms with Gasteiger partial charge in [-0.2, -0.15) is 0 Å². The Kier molecular flexibility index (Phi) is 5.21. The molecular formula is C22H25NO6. The van der Waals surface area contributed by atoms with E-state index in [0.29, 0.717) is 12.0 Å². The maximum absolute atomic E-state index is 12.8. The molecule has 0 aromatic heterocycles. The highest BCUT2D eigenvalue weighted by atomic mass is 16.6. The Labute approximate surface area is 169 Å². The average Bonchev–Trinajstić information content (AvgIpc) is 3.00. The maximum Gasteiger partial charge on any atom is 0.338 e. The molecule has 0 saturated heterocycles. The molecule has 1 aromatic rings. The standard InChI is InChI=1S/C22H25NO6/c1-13-9-19(24)22(26,18-11-21(3,4)10-17(13)18)14(2)12-29-20(25)15-5-7-16(8-6-15)23(27)28/h5-8,13,26H,2,9-12H2,1,3-4H3/t13-,22+/m0/s1. The Morgan fingerprint density at radius 3 is 2.52 bits per heavy atom. The number of ether oxygens (including phenoxy) is 1. The van der Waals surface area contributed by atoms with Crippen LogP contribution in [0, 0.1) is 21.4 Å². The molecule has 2 aliphatic carbocycles. The second kappa shape index (κ2) is 7.22. The molecule has 2 aliphatic rings. The summed E-state index contributed by atoms with van der Waals surface area (Å²) in [7, 11) is 0. The van der Waals surface area contributed by atoms with Crippen LogP contribution in [-0.4, -0.2) is 34.0 Å². The number of non-ortho nitro benzene ring substituents is 1. The van der Waals surface area contributed by atoms with Gasteiger partial charge in [0.1, 0.15) is 6.61 Å². The van der Waals surface area contributed by atoms with Gasteiger partial charge in [0.2, 0.25) is 0 Å². The van der Waals surface area contributed by atoms with Crippen molar-refractivity contribution in [2.24, 2.45) is 11.3 Å². The van der Waals surface area contributed by atoms with E-state index in [-0.39, 0.29) is 47.0 Å². The summed E-state index contributed by atoms with van der Waals surface area (Å²) in [5.74, 6) is -0.949. The number of nitrogens with zero attached hydrogens (tertiary/aromatic N) is 1. The van der Waals surface area contributed by atoms with Gasteiger partial charge in [0.25, 0.3) is 5.69 Å². The lowest BCUT2D eigenvalue weighted by Gasteiger charge is -2.37. The first-order valence-electron chi connectivity index (χ1n) is 9.53. The molecule has 2 atom stereocenters. The molecule has 0 fully saturated rings. The van der Waals surface area contributed by atoms with E-state index in [0.717, 1.165) is 12.0 Å². The van der Waals surface area contributed by atoms with Crippen molar-refractivity contribution in [3.05, 3.63) is 63.2 Å². The number of aliphatic hydroxyl groups is 1. The summed E-state index contributed by atoms with van der Waals surface area (Å²) in [5.41, 5.74) is 0.0716. The fraction of sp³-hybridized carbons (Fsp3) is 0.455. The van der Waals surface area contributed by atoms with Crippen LogP contribution in [0.25, 0.3) is 0 Å². The van der Waals surface area contributed by atoms with Gasteiger partial charge < -0.3 is 9.84 Å². The Morgan fingerprint density at radius 2 is 1.93 bits per heavy atom. The van der Waals surface area contributed by atoms with E-state index < -0.39 is 16.5 Å². The number of allylic oxidation sites excluding steroid dienone is 1. The summed E-state index contributed by atoms with van der Waals surface area (Å²) in [6.07, 6.45) is 1.62. The molecule has 3 rings (SSSR count). The SMILES string of the molecule is C=C(COC(=O)c1ccc([N+](=O)[O-])cc1)[C@]1(O)C(=O)C[C@H](C)C2=C1CC(C)(C)C2. The Morgan fingerprint density at radius 1 is 1.31 bits per heavy atom. The van der Waals surface area contributed by atoms with Gasteiger partial charge in [-0.25, -0.2) is 4.79 Å². The van der Waals surface area contributed by atoms with Crippen molar-refractivity contribution in [2.45, 2.75) is 45.6 Å². The number of carbonyl (C=O) groups is 2. The Bertz CT molecular complexity index is 927. The van der Waals surface area contributed by atoms with E-state index in [1.165, 1.54) is 24.3 Å². The fourth-order valence-electron chi connectivity index (χ4n) is 4.30. The molecule has 0 unspecified atom stereocenters. The molecule has 7 nitrogen and oxygen atoms in total. The van der Waals surface area contributed by atoms with Gasteiger partial charge in [0, 0.05) is 24.1 Å². The fourth-order valence-corrected chi connectivity index (χ4v) is 4.30. The first-order valence-corrected chi connectivity index (χ1v) is 9.53. The monoisotopic (exact) mass is 399 g/mol. The third-order valence-electron chi connectivity index (χ3n) is 5.84. The van der Waals surface area contributed by atoms with Gasteiger partial charge in [0.05, 0.1) is 10.5 Å². The van der Waals surface area contributed by atoms with Gasteiger partial charge in [-0.05, 0) is 41.9 Å². The minimum atomic E-state index is -1.81. The number of carbonyl (C=O) groups excluding carboxylic acids is 2. The van der Waals surface area contributed by atoms with Gasteiger partial charge in [0.15, 0.2) is 11.4 Å². The smallest absolute Gasteiger partial charge is 0.338 e. The Balaban J connectivity index is 1.76. The van der Waals surface area contributed by atoms with Gasteiger partial charge in [-0.1, -0.05) is 32.9 Å². The van der Waals surface area contributed by atoms with E-state index >= 15 is 0 Å². The Hall–Kier alpha value is -2.80. The van der Waals surface area contributed by atoms with Crippen molar-refractivity contribution >= 4 is 17.4 Å². The van der Waals surface area contributed by atoms with Gasteiger partial charge in [-0.15, -0.1) is 0 Å². The highest BCUT2D eigenvalue weighted by Crippen LogP contribution is 2.53. The van der Waals surface area contributed by atoms with Crippen LogP contribution in [0.3, 0.4) is 0 Å². The molecule has 0 aliphatic heterocycles. The highest BCUT2D eigenvalue weighted by molar-refractivity contribution is 5.96. The van der Waals surface area contributed by atoms with Gasteiger partial charge >= 0.3 is 5.97 Å². The lowest BCUT2D eigenvalue weighted by atomic mass is 9.71. The quantitative estimate of drug-likeness (QED) is 0.350. The molecule has 0 heterocycles. The number of benzene rings is 1. The summed E-state index contributed by atoms with van der Waals surface area (Å²) in [6, 6.07) is 5.02. The lowest BCUT2D eigenvalue weighted by molar-refractivity contribution is -0.384. The lowest BCUT2D eigenvalue weighted by Crippen LogP contribution is -2.47. The minimum Gasteiger partial charge on any atom is -0.457 e. The van der Waals surface area contributed by atoms with E-state index in [1.54, 1.807) is 0 Å². The molecule has 7 heteroatoms. The minimum absolute atomic E-state index is 0.0484. The first kappa shape index (κ1) is 20.9. The van der Waals surface area contributed by atoms with Crippen LogP contribution in [0.5, 0.6) is 0 Å². The summed E-state index contributed by atoms with van der Waals surface area (Å²) in [6.45, 7) is 9.74. The third kappa shape index (κ3) is 3.74. The third-order valence-corrected chi connectivity index (χ3v) is 5.84. The van der Waals surface area contributed by atoms with Crippen molar-refractivity contribution in [3.8, 4) is 0 Å². The molecule has 0 radical (unpaired) electrons. The van der Waals surface area contributed by atoms with Crippen molar-refractivity contribution in [1.82, 2.24) is 0 Å². The number of esters is 1. The molecular weight excluding hydrogens is 374 g/mol. The molecule has 0 bridgehead atoms. The van der Waals surface area contributed by atoms with Crippen molar-refractivity contribution in [1.29, 1.82) is 0 Å². The number of nitro groups is 1. The topological polar surface area (TPSA) is 107 Å². The van der Waals surface area contributed by atoms with Crippen molar-refractivity contribution in [2.75, 3.05) is 6.61 Å². The van der Waals surface area contributed by atoms with E-state index in [2.05, 4.69) is 20.4 Å². The second-order valence-corrected chi connectivity index (χ2v) is 8.74. The zero-order valence-corrected chi connectivity index (χ0v) is 16.9. The summed E-state index contributed by atoms with van der Waals surface area (Å²) < 4.78 is 5.24. The number of Topliss-reactive ketones (excluding diaryl/α,β-unsaturated/α-hetero) is 1. The molecule has 0 saturated carbocycles. The zero-order valence-electron chi connectivity index (χ0n) is 16.9. The summed E-state index contributed by atoms with van der Waals surface area (Å²) >= 11 is 0. The number of hydrogen-bond donors (Lipinski definition) is 1. The molecule has 1 aromatic carbocycles. The highest BCUT2D eigenvalue weighted by Gasteiger charge is 2.52. The predicted octanol–water partition coefficient (Wildman–Crippen LogP) is 3.76. The normalized spacial score (nSPS) is 25.5. The number of ketones is 1. The predicted molar refractivity (Wildman–Crippen MR) is 106 cm³/mol. The van der Waals surface area contributed by atoms with Crippen LogP contribution >= 0.6 is 0 Å². The molecule has 0 spiro atoms. The molecule has 29 heavy (non-hydrogen) atoms. The number of nitro benzene ring substituents is 1. The van der Waals surface area contributed by atoms with E-state index in [9.17, 15) is 24.8 Å². The first-order chi connectivity index (χ1) is 13.5. The number of hydrogen-bond acceptors (Lipinski definition) is 6.